The molecule has 38 heavy (non-hydrogen) atoms. The molecule has 0 spiro atoms. The first-order chi connectivity index (χ1) is 18.0. The van der Waals surface area contributed by atoms with E-state index in [1.165, 1.54) is 13.2 Å². The number of thiophene rings is 1. The van der Waals surface area contributed by atoms with E-state index >= 15 is 0 Å². The number of alkyl halides is 3. The SMILES string of the molecule is COC(=O)Cc1cccc(-c2csc(-c3cc(C(F)(F)F)c(C#N)c(=O)n3Cc3ccc(F)cc3F)c2)c1. The number of nitrogens with zero attached hydrogens (tertiary/aromatic N) is 2. The van der Waals surface area contributed by atoms with Crippen LogP contribution in [0.3, 0.4) is 0 Å². The average Bonchev–Trinajstić information content (AvgIpc) is 3.36. The number of nitriles is 1. The van der Waals surface area contributed by atoms with Gasteiger partial charge in [0.2, 0.25) is 0 Å². The van der Waals surface area contributed by atoms with Crippen molar-refractivity contribution < 1.29 is 31.5 Å². The number of benzene rings is 2. The van der Waals surface area contributed by atoms with Crippen LogP contribution in [-0.2, 0) is 28.7 Å². The van der Waals surface area contributed by atoms with Crippen LogP contribution < -0.4 is 5.56 Å². The van der Waals surface area contributed by atoms with Crippen molar-refractivity contribution in [3.05, 3.63) is 104 Å². The van der Waals surface area contributed by atoms with Crippen LogP contribution in [0.2, 0.25) is 0 Å². The summed E-state index contributed by atoms with van der Waals surface area (Å²) in [5.41, 5.74) is -2.21. The molecule has 5 nitrogen and oxygen atoms in total. The molecular weight excluding hydrogens is 527 g/mol. The second-order valence-electron chi connectivity index (χ2n) is 8.21. The first kappa shape index (κ1) is 26.8. The standard InChI is InChI=1S/C27H17F5N2O3S/c1-37-25(35)8-15-3-2-4-16(7-15)18-9-24(38-14-18)23-11-21(27(30,31)32)20(12-33)26(36)34(23)13-17-5-6-19(28)10-22(17)29/h2-7,9-11,14H,8,13H2,1H3. The van der Waals surface area contributed by atoms with Gasteiger partial charge in [0.05, 0.1) is 36.2 Å². The van der Waals surface area contributed by atoms with Gasteiger partial charge in [0.25, 0.3) is 5.56 Å². The summed E-state index contributed by atoms with van der Waals surface area (Å²) in [4.78, 5) is 25.0. The summed E-state index contributed by atoms with van der Waals surface area (Å²) in [5.74, 6) is -2.29. The number of halogens is 5. The lowest BCUT2D eigenvalue weighted by molar-refractivity contribution is -0.140. The fourth-order valence-electron chi connectivity index (χ4n) is 3.88. The predicted octanol–water partition coefficient (Wildman–Crippen LogP) is 6.18. The van der Waals surface area contributed by atoms with E-state index in [0.717, 1.165) is 28.0 Å². The fourth-order valence-corrected chi connectivity index (χ4v) is 4.82. The van der Waals surface area contributed by atoms with Crippen LogP contribution in [0.25, 0.3) is 21.7 Å². The molecule has 0 atom stereocenters. The molecular formula is C27H17F5N2O3S. The maximum atomic E-state index is 14.4. The first-order valence-corrected chi connectivity index (χ1v) is 11.8. The van der Waals surface area contributed by atoms with E-state index in [-0.39, 0.29) is 22.6 Å². The quantitative estimate of drug-likeness (QED) is 0.215. The van der Waals surface area contributed by atoms with Crippen LogP contribution in [0.4, 0.5) is 22.0 Å². The molecule has 0 saturated heterocycles. The van der Waals surface area contributed by atoms with Crippen LogP contribution in [0, 0.1) is 23.0 Å². The number of carbonyl (C=O) groups excluding carboxylic acids is 1. The van der Waals surface area contributed by atoms with Gasteiger partial charge in [-0.1, -0.05) is 30.3 Å². The Morgan fingerprint density at radius 3 is 2.50 bits per heavy atom. The Bertz CT molecular complexity index is 1630. The van der Waals surface area contributed by atoms with Gasteiger partial charge >= 0.3 is 12.1 Å². The second kappa shape index (κ2) is 10.6. The van der Waals surface area contributed by atoms with Gasteiger partial charge in [-0.05, 0) is 40.3 Å². The molecule has 0 aliphatic carbocycles. The number of aromatic nitrogens is 1. The molecule has 2 aromatic carbocycles. The topological polar surface area (TPSA) is 72.1 Å². The Labute approximate surface area is 217 Å². The summed E-state index contributed by atoms with van der Waals surface area (Å²) < 4.78 is 74.7. The zero-order valence-electron chi connectivity index (χ0n) is 19.6. The Balaban J connectivity index is 1.87. The third-order valence-electron chi connectivity index (χ3n) is 5.75. The molecule has 0 unspecified atom stereocenters. The molecule has 11 heteroatoms. The molecule has 0 aliphatic heterocycles. The molecule has 0 bridgehead atoms. The molecule has 194 valence electrons. The number of hydrogen-bond donors (Lipinski definition) is 0. The molecule has 4 aromatic rings. The summed E-state index contributed by atoms with van der Waals surface area (Å²) in [7, 11) is 1.27. The lowest BCUT2D eigenvalue weighted by atomic mass is 10.0. The Morgan fingerprint density at radius 2 is 1.84 bits per heavy atom. The van der Waals surface area contributed by atoms with E-state index < -0.39 is 47.0 Å². The number of rotatable bonds is 6. The van der Waals surface area contributed by atoms with Crippen molar-refractivity contribution in [2.24, 2.45) is 0 Å². The highest BCUT2D eigenvalue weighted by Gasteiger charge is 2.36. The largest absolute Gasteiger partial charge is 0.469 e. The molecule has 0 N–H and O–H groups in total. The van der Waals surface area contributed by atoms with Crippen molar-refractivity contribution in [2.45, 2.75) is 19.1 Å². The highest BCUT2D eigenvalue weighted by atomic mass is 32.1. The van der Waals surface area contributed by atoms with Gasteiger partial charge in [-0.3, -0.25) is 9.59 Å². The van der Waals surface area contributed by atoms with E-state index in [1.807, 2.05) is 0 Å². The minimum Gasteiger partial charge on any atom is -0.469 e. The van der Waals surface area contributed by atoms with E-state index in [9.17, 15) is 36.8 Å². The van der Waals surface area contributed by atoms with Gasteiger partial charge in [0.1, 0.15) is 23.3 Å². The molecule has 0 saturated carbocycles. The van der Waals surface area contributed by atoms with Crippen molar-refractivity contribution >= 4 is 17.3 Å². The third-order valence-corrected chi connectivity index (χ3v) is 6.70. The number of pyridine rings is 1. The van der Waals surface area contributed by atoms with E-state index in [1.54, 1.807) is 35.7 Å². The van der Waals surface area contributed by atoms with Crippen LogP contribution in [0.1, 0.15) is 22.3 Å². The Kier molecular flexibility index (Phi) is 7.46. The fraction of sp³-hybridized carbons (Fsp3) is 0.148. The highest BCUT2D eigenvalue weighted by Crippen LogP contribution is 2.37. The number of methoxy groups -OCH3 is 1. The Morgan fingerprint density at radius 1 is 1.08 bits per heavy atom. The lowest BCUT2D eigenvalue weighted by Gasteiger charge is -2.17. The average molecular weight is 545 g/mol. The van der Waals surface area contributed by atoms with Gasteiger partial charge in [0, 0.05) is 11.6 Å². The van der Waals surface area contributed by atoms with Crippen molar-refractivity contribution in [2.75, 3.05) is 7.11 Å². The molecule has 4 rings (SSSR count). The molecule has 0 radical (unpaired) electrons. The second-order valence-corrected chi connectivity index (χ2v) is 9.12. The van der Waals surface area contributed by atoms with Gasteiger partial charge < -0.3 is 9.30 Å². The van der Waals surface area contributed by atoms with Crippen LogP contribution >= 0.6 is 11.3 Å². The predicted molar refractivity (Wildman–Crippen MR) is 130 cm³/mol. The van der Waals surface area contributed by atoms with E-state index in [4.69, 9.17) is 0 Å². The normalized spacial score (nSPS) is 11.3. The van der Waals surface area contributed by atoms with E-state index in [0.29, 0.717) is 28.8 Å². The lowest BCUT2D eigenvalue weighted by Crippen LogP contribution is -2.28. The number of ether oxygens (including phenoxy) is 1. The first-order valence-electron chi connectivity index (χ1n) is 11.0. The summed E-state index contributed by atoms with van der Waals surface area (Å²) in [6.07, 6.45) is -4.98. The zero-order valence-corrected chi connectivity index (χ0v) is 20.4. The third kappa shape index (κ3) is 5.50. The summed E-state index contributed by atoms with van der Waals surface area (Å²) in [6.45, 7) is -0.533. The summed E-state index contributed by atoms with van der Waals surface area (Å²) in [5, 5.41) is 11.0. The van der Waals surface area contributed by atoms with Gasteiger partial charge in [-0.2, -0.15) is 18.4 Å². The monoisotopic (exact) mass is 544 g/mol. The molecule has 2 heterocycles. The minimum atomic E-state index is -5.00. The number of carbonyl (C=O) groups is 1. The molecule has 2 aromatic heterocycles. The van der Waals surface area contributed by atoms with Crippen LogP contribution in [0.15, 0.2) is 64.8 Å². The molecule has 0 fully saturated rings. The smallest absolute Gasteiger partial charge is 0.417 e. The van der Waals surface area contributed by atoms with E-state index in [2.05, 4.69) is 4.74 Å². The molecule has 0 amide bonds. The molecule has 0 aliphatic rings. The summed E-state index contributed by atoms with van der Waals surface area (Å²) >= 11 is 1.04. The number of esters is 1. The van der Waals surface area contributed by atoms with Crippen molar-refractivity contribution in [3.8, 4) is 27.8 Å². The Hall–Kier alpha value is -4.30. The van der Waals surface area contributed by atoms with Crippen molar-refractivity contribution in [1.29, 1.82) is 5.26 Å². The number of hydrogen-bond acceptors (Lipinski definition) is 5. The summed E-state index contributed by atoms with van der Waals surface area (Å²) in [6, 6.07) is 13.1. The van der Waals surface area contributed by atoms with Crippen molar-refractivity contribution in [1.82, 2.24) is 4.57 Å². The van der Waals surface area contributed by atoms with Gasteiger partial charge in [-0.25, -0.2) is 8.78 Å². The van der Waals surface area contributed by atoms with Crippen LogP contribution in [0.5, 0.6) is 0 Å². The van der Waals surface area contributed by atoms with Crippen LogP contribution in [-0.4, -0.2) is 17.6 Å². The van der Waals surface area contributed by atoms with Gasteiger partial charge in [-0.15, -0.1) is 11.3 Å². The highest BCUT2D eigenvalue weighted by molar-refractivity contribution is 7.14. The van der Waals surface area contributed by atoms with Crippen molar-refractivity contribution in [3.63, 3.8) is 0 Å². The maximum Gasteiger partial charge on any atom is 0.417 e. The zero-order chi connectivity index (χ0) is 27.6. The van der Waals surface area contributed by atoms with Gasteiger partial charge in [0.15, 0.2) is 0 Å². The maximum absolute atomic E-state index is 14.4. The minimum absolute atomic E-state index is 0.0225.